The molecule has 0 radical (unpaired) electrons. The summed E-state index contributed by atoms with van der Waals surface area (Å²) in [5.74, 6) is -1.81. The van der Waals surface area contributed by atoms with Gasteiger partial charge in [0.25, 0.3) is 0 Å². The summed E-state index contributed by atoms with van der Waals surface area (Å²) in [5, 5.41) is 14.9. The smallest absolute Gasteiger partial charge is 0.407 e. The third kappa shape index (κ3) is 4.75. The number of alkyl carbamates (subject to hydrolysis) is 1. The van der Waals surface area contributed by atoms with Crippen LogP contribution in [0.4, 0.5) is 4.79 Å². The number of hydrogen-bond donors (Lipinski definition) is 3. The Morgan fingerprint density at radius 1 is 0.886 bits per heavy atom. The second-order valence-electron chi connectivity index (χ2n) is 9.00. The van der Waals surface area contributed by atoms with Crippen LogP contribution in [0.5, 0.6) is 0 Å². The van der Waals surface area contributed by atoms with Gasteiger partial charge in [0.05, 0.1) is 0 Å². The molecule has 0 heterocycles. The van der Waals surface area contributed by atoms with Crippen LogP contribution in [-0.4, -0.2) is 36.2 Å². The number of rotatable bonds is 8. The molecule has 1 fully saturated rings. The summed E-state index contributed by atoms with van der Waals surface area (Å²) in [7, 11) is 0. The van der Waals surface area contributed by atoms with Crippen LogP contribution in [-0.2, 0) is 14.3 Å². The van der Waals surface area contributed by atoms with Gasteiger partial charge in [0, 0.05) is 18.4 Å². The molecular formula is C28H26N2O5. The Balaban J connectivity index is 1.11. The van der Waals surface area contributed by atoms with Gasteiger partial charge < -0.3 is 20.5 Å². The number of aliphatic carboxylic acids is 1. The molecule has 3 N–H and O–H groups in total. The first-order chi connectivity index (χ1) is 17.0. The summed E-state index contributed by atoms with van der Waals surface area (Å²) in [5.41, 5.74) is 5.14. The number of benzene rings is 3. The fourth-order valence-electron chi connectivity index (χ4n) is 4.84. The number of fused-ring (bicyclic) bond motifs is 3. The van der Waals surface area contributed by atoms with E-state index in [4.69, 9.17) is 4.74 Å². The molecule has 0 saturated heterocycles. The van der Waals surface area contributed by atoms with Gasteiger partial charge in [-0.15, -0.1) is 0 Å². The minimum absolute atomic E-state index is 0.0152. The molecule has 5 rings (SSSR count). The first-order valence-electron chi connectivity index (χ1n) is 11.7. The highest BCUT2D eigenvalue weighted by molar-refractivity contribution is 5.87. The molecule has 35 heavy (non-hydrogen) atoms. The molecule has 7 heteroatoms. The summed E-state index contributed by atoms with van der Waals surface area (Å²) in [6, 6.07) is 23.8. The second-order valence-corrected chi connectivity index (χ2v) is 9.00. The molecule has 1 saturated carbocycles. The van der Waals surface area contributed by atoms with Gasteiger partial charge in [-0.1, -0.05) is 78.9 Å². The van der Waals surface area contributed by atoms with Gasteiger partial charge in [-0.2, -0.15) is 0 Å². The highest BCUT2D eigenvalue weighted by Gasteiger charge is 2.44. The van der Waals surface area contributed by atoms with E-state index < -0.39 is 18.1 Å². The van der Waals surface area contributed by atoms with Crippen molar-refractivity contribution in [2.24, 2.45) is 11.8 Å². The molecule has 178 valence electrons. The number of hydrogen-bond acceptors (Lipinski definition) is 4. The molecule has 0 bridgehead atoms. The average molecular weight is 471 g/mol. The van der Waals surface area contributed by atoms with Gasteiger partial charge >= 0.3 is 12.1 Å². The zero-order chi connectivity index (χ0) is 24.4. The van der Waals surface area contributed by atoms with Crippen LogP contribution in [0.1, 0.15) is 35.1 Å². The molecule has 2 aliphatic carbocycles. The number of carboxylic acids is 1. The molecule has 3 aromatic carbocycles. The van der Waals surface area contributed by atoms with Gasteiger partial charge in [0.15, 0.2) is 6.04 Å². The fraction of sp³-hybridized carbons (Fsp3) is 0.250. The number of carboxylic acid groups (broad SMARTS) is 1. The topological polar surface area (TPSA) is 105 Å². The van der Waals surface area contributed by atoms with Crippen molar-refractivity contribution in [2.75, 3.05) is 13.2 Å². The number of ether oxygens (including phenoxy) is 1. The van der Waals surface area contributed by atoms with E-state index in [9.17, 15) is 19.5 Å². The molecule has 3 aromatic rings. The summed E-state index contributed by atoms with van der Waals surface area (Å²) >= 11 is 0. The predicted octanol–water partition coefficient (Wildman–Crippen LogP) is 4.10. The van der Waals surface area contributed by atoms with Gasteiger partial charge in [0.2, 0.25) is 5.91 Å². The SMILES string of the molecule is O=C(NCC1CC1C(=O)NC(C(=O)O)c1ccccc1)OCC1c2ccccc2-c2ccccc21. The lowest BCUT2D eigenvalue weighted by Gasteiger charge is -2.15. The van der Waals surface area contributed by atoms with Crippen LogP contribution in [0.2, 0.25) is 0 Å². The highest BCUT2D eigenvalue weighted by atomic mass is 16.5. The molecule has 2 amide bonds. The second kappa shape index (κ2) is 9.62. The van der Waals surface area contributed by atoms with E-state index in [0.717, 1.165) is 11.1 Å². The monoisotopic (exact) mass is 470 g/mol. The highest BCUT2D eigenvalue weighted by Crippen LogP contribution is 2.44. The summed E-state index contributed by atoms with van der Waals surface area (Å²) < 4.78 is 5.54. The first kappa shape index (κ1) is 22.7. The molecule has 3 atom stereocenters. The molecule has 7 nitrogen and oxygen atoms in total. The van der Waals surface area contributed by atoms with Crippen LogP contribution in [0, 0.1) is 11.8 Å². The van der Waals surface area contributed by atoms with E-state index in [2.05, 4.69) is 34.9 Å². The van der Waals surface area contributed by atoms with Crippen LogP contribution < -0.4 is 10.6 Å². The third-order valence-electron chi connectivity index (χ3n) is 6.78. The molecule has 0 spiro atoms. The lowest BCUT2D eigenvalue weighted by atomic mass is 9.98. The van der Waals surface area contributed by atoms with E-state index in [1.165, 1.54) is 11.1 Å². The van der Waals surface area contributed by atoms with Crippen LogP contribution in [0.25, 0.3) is 11.1 Å². The third-order valence-corrected chi connectivity index (χ3v) is 6.78. The number of amides is 2. The van der Waals surface area contributed by atoms with Crippen molar-refractivity contribution in [1.82, 2.24) is 10.6 Å². The van der Waals surface area contributed by atoms with Crippen molar-refractivity contribution in [3.05, 3.63) is 95.6 Å². The van der Waals surface area contributed by atoms with Crippen LogP contribution in [0.15, 0.2) is 78.9 Å². The van der Waals surface area contributed by atoms with Gasteiger partial charge in [0.1, 0.15) is 6.61 Å². The minimum Gasteiger partial charge on any atom is -0.479 e. The first-order valence-corrected chi connectivity index (χ1v) is 11.7. The van der Waals surface area contributed by atoms with Crippen molar-refractivity contribution in [2.45, 2.75) is 18.4 Å². The maximum Gasteiger partial charge on any atom is 0.407 e. The van der Waals surface area contributed by atoms with Crippen molar-refractivity contribution in [3.63, 3.8) is 0 Å². The maximum atomic E-state index is 12.6. The molecule has 0 aromatic heterocycles. The van der Waals surface area contributed by atoms with Gasteiger partial charge in [-0.05, 0) is 40.2 Å². The van der Waals surface area contributed by atoms with Gasteiger partial charge in [-0.25, -0.2) is 9.59 Å². The Hall–Kier alpha value is -4.13. The summed E-state index contributed by atoms with van der Waals surface area (Å²) in [4.78, 5) is 36.6. The molecule has 2 aliphatic rings. The van der Waals surface area contributed by atoms with Crippen LogP contribution in [0.3, 0.4) is 0 Å². The Labute approximate surface area is 203 Å². The minimum atomic E-state index is -1.11. The number of nitrogens with one attached hydrogen (secondary N) is 2. The quantitative estimate of drug-likeness (QED) is 0.460. The normalized spacial score (nSPS) is 18.6. The Morgan fingerprint density at radius 3 is 2.11 bits per heavy atom. The molecule has 3 unspecified atom stereocenters. The molecular weight excluding hydrogens is 444 g/mol. The Morgan fingerprint density at radius 2 is 1.49 bits per heavy atom. The number of carbonyl (C=O) groups is 3. The largest absolute Gasteiger partial charge is 0.479 e. The number of carbonyl (C=O) groups excluding carboxylic acids is 2. The van der Waals surface area contributed by atoms with Gasteiger partial charge in [-0.3, -0.25) is 4.79 Å². The van der Waals surface area contributed by atoms with E-state index in [-0.39, 0.29) is 30.3 Å². The zero-order valence-electron chi connectivity index (χ0n) is 19.0. The maximum absolute atomic E-state index is 12.6. The van der Waals surface area contributed by atoms with Crippen molar-refractivity contribution in [3.8, 4) is 11.1 Å². The Kier molecular flexibility index (Phi) is 6.23. The lowest BCUT2D eigenvalue weighted by molar-refractivity contribution is -0.142. The fourth-order valence-corrected chi connectivity index (χ4v) is 4.84. The van der Waals surface area contributed by atoms with E-state index >= 15 is 0 Å². The van der Waals surface area contributed by atoms with E-state index in [1.807, 2.05) is 24.3 Å². The lowest BCUT2D eigenvalue weighted by Crippen LogP contribution is -2.35. The zero-order valence-corrected chi connectivity index (χ0v) is 19.0. The predicted molar refractivity (Wildman–Crippen MR) is 130 cm³/mol. The molecule has 0 aliphatic heterocycles. The van der Waals surface area contributed by atoms with E-state index in [0.29, 0.717) is 18.5 Å². The average Bonchev–Trinajstić information content (AvgIpc) is 3.60. The van der Waals surface area contributed by atoms with E-state index in [1.54, 1.807) is 30.3 Å². The summed E-state index contributed by atoms with van der Waals surface area (Å²) in [6.07, 6.45) is 0.0713. The summed E-state index contributed by atoms with van der Waals surface area (Å²) in [6.45, 7) is 0.531. The van der Waals surface area contributed by atoms with Crippen LogP contribution >= 0.6 is 0 Å². The Bertz CT molecular complexity index is 1210. The van der Waals surface area contributed by atoms with Crippen molar-refractivity contribution < 1.29 is 24.2 Å². The van der Waals surface area contributed by atoms with Crippen molar-refractivity contribution >= 4 is 18.0 Å². The standard InChI is InChI=1S/C28H26N2O5/c31-26(30-25(27(32)33)17-8-2-1-3-9-17)23-14-18(23)15-29-28(34)35-16-24-21-12-6-4-10-19(21)20-11-5-7-13-22(20)24/h1-13,18,23-25H,14-16H2,(H,29,34)(H,30,31)(H,32,33). The van der Waals surface area contributed by atoms with Crippen molar-refractivity contribution in [1.29, 1.82) is 0 Å².